The van der Waals surface area contributed by atoms with Crippen LogP contribution in [0.2, 0.25) is 0 Å². The summed E-state index contributed by atoms with van der Waals surface area (Å²) in [5.74, 6) is 0.472. The molecule has 2 rings (SSSR count). The molecular formula is C15H15BrN2O. The number of nitrogens with two attached hydrogens (primary N) is 1. The third kappa shape index (κ3) is 3.01. The lowest BCUT2D eigenvalue weighted by Gasteiger charge is -2.08. The van der Waals surface area contributed by atoms with Gasteiger partial charge in [-0.1, -0.05) is 22.0 Å². The molecule has 1 heterocycles. The fourth-order valence-electron chi connectivity index (χ4n) is 1.98. The highest BCUT2D eigenvalue weighted by molar-refractivity contribution is 9.10. The van der Waals surface area contributed by atoms with E-state index in [1.807, 2.05) is 32.0 Å². The van der Waals surface area contributed by atoms with Gasteiger partial charge in [0.25, 0.3) is 0 Å². The Morgan fingerprint density at radius 3 is 2.53 bits per heavy atom. The maximum atomic E-state index is 12.3. The summed E-state index contributed by atoms with van der Waals surface area (Å²) in [6.45, 7) is 3.96. The first-order chi connectivity index (χ1) is 8.99. The zero-order valence-electron chi connectivity index (χ0n) is 10.9. The molecule has 2 N–H and O–H groups in total. The molecule has 0 aliphatic heterocycles. The Bertz CT molecular complexity index is 615. The van der Waals surface area contributed by atoms with Gasteiger partial charge in [0, 0.05) is 28.2 Å². The Kier molecular flexibility index (Phi) is 4.00. The Labute approximate surface area is 121 Å². The number of carbonyl (C=O) groups is 1. The number of pyridine rings is 1. The van der Waals surface area contributed by atoms with Crippen LogP contribution in [-0.2, 0) is 6.42 Å². The minimum Gasteiger partial charge on any atom is -0.383 e. The summed E-state index contributed by atoms with van der Waals surface area (Å²) >= 11 is 3.50. The lowest BCUT2D eigenvalue weighted by Crippen LogP contribution is -2.07. The number of Topliss-reactive ketones (excluding diaryl/α,β-unsaturated/α-hetero) is 1. The number of rotatable bonds is 3. The lowest BCUT2D eigenvalue weighted by molar-refractivity contribution is 0.0993. The molecule has 0 atom stereocenters. The second-order valence-electron chi connectivity index (χ2n) is 4.57. The molecule has 2 aromatic rings. The van der Waals surface area contributed by atoms with Crippen molar-refractivity contribution >= 4 is 27.5 Å². The predicted molar refractivity (Wildman–Crippen MR) is 80.3 cm³/mol. The van der Waals surface area contributed by atoms with Crippen LogP contribution in [0.15, 0.2) is 34.9 Å². The summed E-state index contributed by atoms with van der Waals surface area (Å²) in [5, 5.41) is 0. The minimum atomic E-state index is 0.0541. The molecule has 0 spiro atoms. The number of benzene rings is 1. The molecule has 0 radical (unpaired) electrons. The Balaban J connectivity index is 2.28. The average Bonchev–Trinajstić information content (AvgIpc) is 2.38. The lowest BCUT2D eigenvalue weighted by atomic mass is 10.00. The summed E-state index contributed by atoms with van der Waals surface area (Å²) < 4.78 is 1.05. The number of halogens is 1. The summed E-state index contributed by atoms with van der Waals surface area (Å²) in [6.07, 6.45) is 1.90. The van der Waals surface area contributed by atoms with Gasteiger partial charge in [0.2, 0.25) is 0 Å². The van der Waals surface area contributed by atoms with Gasteiger partial charge >= 0.3 is 0 Å². The molecule has 1 aromatic carbocycles. The van der Waals surface area contributed by atoms with Crippen molar-refractivity contribution in [3.8, 4) is 0 Å². The van der Waals surface area contributed by atoms with E-state index in [1.54, 1.807) is 12.3 Å². The van der Waals surface area contributed by atoms with E-state index < -0.39 is 0 Å². The molecule has 0 unspecified atom stereocenters. The number of nitrogens with zero attached hydrogens (tertiary/aromatic N) is 1. The van der Waals surface area contributed by atoms with Crippen molar-refractivity contribution in [2.24, 2.45) is 0 Å². The van der Waals surface area contributed by atoms with E-state index in [0.717, 1.165) is 21.2 Å². The molecule has 1 aromatic heterocycles. The van der Waals surface area contributed by atoms with Crippen LogP contribution in [0.3, 0.4) is 0 Å². The van der Waals surface area contributed by atoms with Gasteiger partial charge in [0.15, 0.2) is 5.78 Å². The van der Waals surface area contributed by atoms with Gasteiger partial charge in [-0.3, -0.25) is 4.79 Å². The van der Waals surface area contributed by atoms with E-state index in [1.165, 1.54) is 0 Å². The van der Waals surface area contributed by atoms with Crippen molar-refractivity contribution in [3.05, 3.63) is 57.2 Å². The van der Waals surface area contributed by atoms with Crippen LogP contribution < -0.4 is 5.73 Å². The van der Waals surface area contributed by atoms with Crippen LogP contribution >= 0.6 is 15.9 Å². The van der Waals surface area contributed by atoms with Crippen molar-refractivity contribution in [2.75, 3.05) is 5.73 Å². The molecule has 0 aliphatic rings. The van der Waals surface area contributed by atoms with Crippen LogP contribution in [0.25, 0.3) is 0 Å². The van der Waals surface area contributed by atoms with E-state index in [0.29, 0.717) is 11.4 Å². The van der Waals surface area contributed by atoms with Crippen LogP contribution in [-0.4, -0.2) is 10.8 Å². The molecule has 19 heavy (non-hydrogen) atoms. The highest BCUT2D eigenvalue weighted by Gasteiger charge is 2.12. The number of aryl methyl sites for hydroxylation is 2. The second-order valence-corrected chi connectivity index (χ2v) is 5.36. The largest absolute Gasteiger partial charge is 0.383 e. The number of carbonyl (C=O) groups excluding carboxylic acids is 1. The molecule has 0 bridgehead atoms. The topological polar surface area (TPSA) is 56.0 Å². The predicted octanol–water partition coefficient (Wildman–Crippen LogP) is 3.47. The smallest absolute Gasteiger partial charge is 0.167 e. The number of hydrogen-bond acceptors (Lipinski definition) is 3. The van der Waals surface area contributed by atoms with E-state index in [2.05, 4.69) is 20.9 Å². The number of anilines is 1. The van der Waals surface area contributed by atoms with Gasteiger partial charge < -0.3 is 5.73 Å². The van der Waals surface area contributed by atoms with E-state index >= 15 is 0 Å². The van der Waals surface area contributed by atoms with E-state index in [-0.39, 0.29) is 12.2 Å². The third-order valence-corrected chi connectivity index (χ3v) is 4.29. The Hall–Kier alpha value is -1.68. The molecule has 0 saturated carbocycles. The molecule has 4 heteroatoms. The van der Waals surface area contributed by atoms with Crippen molar-refractivity contribution < 1.29 is 4.79 Å². The van der Waals surface area contributed by atoms with Crippen LogP contribution in [0.5, 0.6) is 0 Å². The fraction of sp³-hybridized carbons (Fsp3) is 0.200. The van der Waals surface area contributed by atoms with Gasteiger partial charge in [-0.05, 0) is 43.2 Å². The number of ketones is 1. The summed E-state index contributed by atoms with van der Waals surface area (Å²) in [4.78, 5) is 16.3. The van der Waals surface area contributed by atoms with Crippen LogP contribution in [0, 0.1) is 13.8 Å². The van der Waals surface area contributed by atoms with Gasteiger partial charge in [-0.15, -0.1) is 0 Å². The van der Waals surface area contributed by atoms with Crippen molar-refractivity contribution in [1.82, 2.24) is 4.98 Å². The van der Waals surface area contributed by atoms with E-state index in [4.69, 9.17) is 5.73 Å². The molecule has 98 valence electrons. The zero-order valence-corrected chi connectivity index (χ0v) is 12.5. The number of nitrogen functional groups attached to an aromatic ring is 1. The third-order valence-electron chi connectivity index (χ3n) is 3.04. The first-order valence-corrected chi connectivity index (χ1v) is 6.77. The minimum absolute atomic E-state index is 0.0541. The molecule has 0 saturated heterocycles. The molecular weight excluding hydrogens is 304 g/mol. The summed E-state index contributed by atoms with van der Waals surface area (Å²) in [7, 11) is 0. The van der Waals surface area contributed by atoms with Crippen molar-refractivity contribution in [2.45, 2.75) is 20.3 Å². The van der Waals surface area contributed by atoms with Crippen LogP contribution in [0.1, 0.15) is 27.0 Å². The quantitative estimate of drug-likeness (QED) is 0.881. The zero-order chi connectivity index (χ0) is 14.0. The first-order valence-electron chi connectivity index (χ1n) is 5.98. The summed E-state index contributed by atoms with van der Waals surface area (Å²) in [5.41, 5.74) is 9.35. The highest BCUT2D eigenvalue weighted by Crippen LogP contribution is 2.23. The van der Waals surface area contributed by atoms with Crippen LogP contribution in [0.4, 0.5) is 5.82 Å². The van der Waals surface area contributed by atoms with Gasteiger partial charge in [0.05, 0.1) is 0 Å². The second kappa shape index (κ2) is 5.53. The van der Waals surface area contributed by atoms with Crippen molar-refractivity contribution in [3.63, 3.8) is 0 Å². The fourth-order valence-corrected chi connectivity index (χ4v) is 2.21. The summed E-state index contributed by atoms with van der Waals surface area (Å²) in [6, 6.07) is 7.41. The van der Waals surface area contributed by atoms with Gasteiger partial charge in [-0.25, -0.2) is 4.98 Å². The molecule has 0 fully saturated rings. The Morgan fingerprint density at radius 1 is 1.32 bits per heavy atom. The van der Waals surface area contributed by atoms with Crippen molar-refractivity contribution in [1.29, 1.82) is 0 Å². The molecule has 0 amide bonds. The normalized spacial score (nSPS) is 10.5. The van der Waals surface area contributed by atoms with Gasteiger partial charge in [0.1, 0.15) is 5.82 Å². The Morgan fingerprint density at radius 2 is 1.95 bits per heavy atom. The first kappa shape index (κ1) is 13.7. The number of hydrogen-bond donors (Lipinski definition) is 1. The molecule has 0 aliphatic carbocycles. The van der Waals surface area contributed by atoms with Gasteiger partial charge in [-0.2, -0.15) is 0 Å². The number of aromatic nitrogens is 1. The maximum Gasteiger partial charge on any atom is 0.167 e. The highest BCUT2D eigenvalue weighted by atomic mass is 79.9. The molecule has 3 nitrogen and oxygen atoms in total. The monoisotopic (exact) mass is 318 g/mol. The van der Waals surface area contributed by atoms with E-state index in [9.17, 15) is 4.79 Å². The SMILES string of the molecule is Cc1cc(C(=O)Cc2cccnc2N)cc(C)c1Br. The standard InChI is InChI=1S/C15H15BrN2O/c1-9-6-12(7-10(2)14(9)16)13(19)8-11-4-3-5-18-15(11)17/h3-7H,8H2,1-2H3,(H2,17,18). The maximum absolute atomic E-state index is 12.3. The average molecular weight is 319 g/mol.